The summed E-state index contributed by atoms with van der Waals surface area (Å²) in [4.78, 5) is 21.7. The number of nitrogens with one attached hydrogen (secondary N) is 1. The Balaban J connectivity index is 1.93. The molecule has 0 aliphatic carbocycles. The highest BCUT2D eigenvalue weighted by Crippen LogP contribution is 2.16. The Morgan fingerprint density at radius 1 is 1.55 bits per heavy atom. The van der Waals surface area contributed by atoms with E-state index in [0.29, 0.717) is 13.1 Å². The summed E-state index contributed by atoms with van der Waals surface area (Å²) < 4.78 is 15.5. The summed E-state index contributed by atoms with van der Waals surface area (Å²) in [6.07, 6.45) is 3.48. The van der Waals surface area contributed by atoms with E-state index in [-0.39, 0.29) is 17.2 Å². The molecule has 7 nitrogen and oxygen atoms in total. The summed E-state index contributed by atoms with van der Waals surface area (Å²) in [7, 11) is 0. The van der Waals surface area contributed by atoms with E-state index in [1.165, 1.54) is 0 Å². The fourth-order valence-corrected chi connectivity index (χ4v) is 1.96. The number of halogens is 1. The maximum atomic E-state index is 13.7. The van der Waals surface area contributed by atoms with Gasteiger partial charge in [0.2, 0.25) is 0 Å². The van der Waals surface area contributed by atoms with Crippen LogP contribution in [0.3, 0.4) is 0 Å². The van der Waals surface area contributed by atoms with Gasteiger partial charge in [-0.1, -0.05) is 6.92 Å². The van der Waals surface area contributed by atoms with E-state index in [9.17, 15) is 19.3 Å². The Labute approximate surface area is 125 Å². The van der Waals surface area contributed by atoms with Gasteiger partial charge in [0.05, 0.1) is 16.6 Å². The zero-order valence-electron chi connectivity index (χ0n) is 11.9. The minimum absolute atomic E-state index is 0.102. The van der Waals surface area contributed by atoms with Crippen molar-refractivity contribution < 1.29 is 14.1 Å². The van der Waals surface area contributed by atoms with E-state index in [2.05, 4.69) is 10.4 Å². The SMILES string of the molecule is CC(CNC(=O)c1ccc([N+](=O)[O-])cc1F)Cn1cccn1. The van der Waals surface area contributed by atoms with Crippen molar-refractivity contribution in [2.45, 2.75) is 13.5 Å². The van der Waals surface area contributed by atoms with Gasteiger partial charge in [-0.15, -0.1) is 0 Å². The molecule has 0 aliphatic heterocycles. The second-order valence-corrected chi connectivity index (χ2v) is 4.96. The third-order valence-electron chi connectivity index (χ3n) is 3.08. The van der Waals surface area contributed by atoms with E-state index in [1.54, 1.807) is 16.9 Å². The van der Waals surface area contributed by atoms with Crippen LogP contribution in [0.25, 0.3) is 0 Å². The van der Waals surface area contributed by atoms with Crippen LogP contribution in [0.15, 0.2) is 36.7 Å². The van der Waals surface area contributed by atoms with Crippen molar-refractivity contribution in [2.75, 3.05) is 6.54 Å². The molecule has 1 aromatic carbocycles. The van der Waals surface area contributed by atoms with Gasteiger partial charge in [0.15, 0.2) is 0 Å². The summed E-state index contributed by atoms with van der Waals surface area (Å²) in [5.41, 5.74) is -0.599. The van der Waals surface area contributed by atoms with Crippen molar-refractivity contribution in [3.05, 3.63) is 58.2 Å². The molecule has 1 unspecified atom stereocenters. The summed E-state index contributed by atoms with van der Waals surface area (Å²) in [6.45, 7) is 2.89. The number of carbonyl (C=O) groups is 1. The van der Waals surface area contributed by atoms with Gasteiger partial charge in [-0.3, -0.25) is 19.6 Å². The molecule has 1 amide bonds. The predicted octanol–water partition coefficient (Wildman–Crippen LogP) is 2.00. The molecule has 1 atom stereocenters. The lowest BCUT2D eigenvalue weighted by Crippen LogP contribution is -2.30. The largest absolute Gasteiger partial charge is 0.352 e. The summed E-state index contributed by atoms with van der Waals surface area (Å²) >= 11 is 0. The number of hydrogen-bond acceptors (Lipinski definition) is 4. The van der Waals surface area contributed by atoms with E-state index in [1.807, 2.05) is 13.1 Å². The fraction of sp³-hybridized carbons (Fsp3) is 0.286. The Morgan fingerprint density at radius 2 is 2.32 bits per heavy atom. The van der Waals surface area contributed by atoms with Gasteiger partial charge in [-0.05, 0) is 18.1 Å². The Bertz CT molecular complexity index is 673. The lowest BCUT2D eigenvalue weighted by molar-refractivity contribution is -0.385. The van der Waals surface area contributed by atoms with Gasteiger partial charge in [0.1, 0.15) is 5.82 Å². The van der Waals surface area contributed by atoms with Crippen molar-refractivity contribution in [1.29, 1.82) is 0 Å². The van der Waals surface area contributed by atoms with Crippen LogP contribution in [0.5, 0.6) is 0 Å². The van der Waals surface area contributed by atoms with Gasteiger partial charge >= 0.3 is 0 Å². The highest BCUT2D eigenvalue weighted by molar-refractivity contribution is 5.94. The molecular formula is C14H15FN4O3. The molecule has 0 saturated carbocycles. The average Bonchev–Trinajstić information content (AvgIpc) is 2.97. The number of aromatic nitrogens is 2. The molecule has 1 aromatic heterocycles. The number of benzene rings is 1. The van der Waals surface area contributed by atoms with Crippen molar-refractivity contribution in [2.24, 2.45) is 5.92 Å². The lowest BCUT2D eigenvalue weighted by Gasteiger charge is -2.13. The molecule has 0 bridgehead atoms. The van der Waals surface area contributed by atoms with Crippen LogP contribution in [0.1, 0.15) is 17.3 Å². The van der Waals surface area contributed by atoms with Crippen LogP contribution in [-0.4, -0.2) is 27.2 Å². The first-order valence-corrected chi connectivity index (χ1v) is 6.67. The second kappa shape index (κ2) is 6.79. The van der Waals surface area contributed by atoms with Crippen LogP contribution in [0, 0.1) is 21.8 Å². The number of nitro benzene ring substituents is 1. The van der Waals surface area contributed by atoms with Crippen molar-refractivity contribution in [3.8, 4) is 0 Å². The molecule has 1 heterocycles. The number of carbonyl (C=O) groups excluding carboxylic acids is 1. The number of hydrogen-bond donors (Lipinski definition) is 1. The molecule has 8 heteroatoms. The van der Waals surface area contributed by atoms with E-state index >= 15 is 0 Å². The van der Waals surface area contributed by atoms with Gasteiger partial charge < -0.3 is 5.32 Å². The Kier molecular flexibility index (Phi) is 4.82. The summed E-state index contributed by atoms with van der Waals surface area (Å²) in [5.74, 6) is -1.41. The normalized spacial score (nSPS) is 11.9. The van der Waals surface area contributed by atoms with Crippen molar-refractivity contribution in [1.82, 2.24) is 15.1 Å². The molecule has 0 spiro atoms. The van der Waals surface area contributed by atoms with E-state index < -0.39 is 16.6 Å². The molecule has 0 saturated heterocycles. The fourth-order valence-electron chi connectivity index (χ4n) is 1.96. The van der Waals surface area contributed by atoms with Gasteiger partial charge in [-0.2, -0.15) is 5.10 Å². The molecule has 2 aromatic rings. The van der Waals surface area contributed by atoms with Crippen LogP contribution < -0.4 is 5.32 Å². The molecule has 2 rings (SSSR count). The molecule has 22 heavy (non-hydrogen) atoms. The van der Waals surface area contributed by atoms with Crippen LogP contribution in [0.4, 0.5) is 10.1 Å². The van der Waals surface area contributed by atoms with Crippen LogP contribution in [0.2, 0.25) is 0 Å². The molecule has 0 fully saturated rings. The van der Waals surface area contributed by atoms with E-state index in [0.717, 1.165) is 18.2 Å². The third-order valence-corrected chi connectivity index (χ3v) is 3.08. The van der Waals surface area contributed by atoms with Gasteiger partial charge in [-0.25, -0.2) is 4.39 Å². The maximum absolute atomic E-state index is 13.7. The number of rotatable bonds is 6. The average molecular weight is 306 g/mol. The first-order chi connectivity index (χ1) is 10.5. The molecule has 1 N–H and O–H groups in total. The smallest absolute Gasteiger partial charge is 0.272 e. The lowest BCUT2D eigenvalue weighted by atomic mass is 10.1. The number of amides is 1. The zero-order valence-corrected chi connectivity index (χ0v) is 11.9. The van der Waals surface area contributed by atoms with Crippen molar-refractivity contribution >= 4 is 11.6 Å². The summed E-state index contributed by atoms with van der Waals surface area (Å²) in [6, 6.07) is 4.76. The molecular weight excluding hydrogens is 291 g/mol. The first kappa shape index (κ1) is 15.6. The number of nitro groups is 1. The Hall–Kier alpha value is -2.77. The molecule has 0 aliphatic rings. The monoisotopic (exact) mass is 306 g/mol. The third kappa shape index (κ3) is 3.87. The van der Waals surface area contributed by atoms with Gasteiger partial charge in [0.25, 0.3) is 11.6 Å². The second-order valence-electron chi connectivity index (χ2n) is 4.96. The first-order valence-electron chi connectivity index (χ1n) is 6.67. The zero-order chi connectivity index (χ0) is 16.1. The van der Waals surface area contributed by atoms with Crippen molar-refractivity contribution in [3.63, 3.8) is 0 Å². The Morgan fingerprint density at radius 3 is 2.91 bits per heavy atom. The summed E-state index contributed by atoms with van der Waals surface area (Å²) in [5, 5.41) is 17.2. The quantitative estimate of drug-likeness (QED) is 0.653. The minimum atomic E-state index is -0.911. The number of non-ortho nitro benzene ring substituents is 1. The highest BCUT2D eigenvalue weighted by atomic mass is 19.1. The predicted molar refractivity (Wildman–Crippen MR) is 76.8 cm³/mol. The highest BCUT2D eigenvalue weighted by Gasteiger charge is 2.16. The van der Waals surface area contributed by atoms with E-state index in [4.69, 9.17) is 0 Å². The number of nitrogens with zero attached hydrogens (tertiary/aromatic N) is 3. The molecule has 0 radical (unpaired) electrons. The van der Waals surface area contributed by atoms with Gasteiger partial charge in [0, 0.05) is 31.5 Å². The standard InChI is InChI=1S/C14H15FN4O3/c1-10(9-18-6-2-5-17-18)8-16-14(20)12-4-3-11(19(21)22)7-13(12)15/h2-7,10H,8-9H2,1H3,(H,16,20). The maximum Gasteiger partial charge on any atom is 0.272 e. The molecule has 116 valence electrons. The topological polar surface area (TPSA) is 90.1 Å². The van der Waals surface area contributed by atoms with Crippen LogP contribution in [-0.2, 0) is 6.54 Å². The van der Waals surface area contributed by atoms with Crippen LogP contribution >= 0.6 is 0 Å². The minimum Gasteiger partial charge on any atom is -0.352 e.